The van der Waals surface area contributed by atoms with E-state index in [-0.39, 0.29) is 24.4 Å². The predicted octanol–water partition coefficient (Wildman–Crippen LogP) is 3.93. The Morgan fingerprint density at radius 1 is 1.38 bits per heavy atom. The van der Waals surface area contributed by atoms with Gasteiger partial charge in [-0.25, -0.2) is 14.8 Å². The van der Waals surface area contributed by atoms with Crippen LogP contribution in [0, 0.1) is 0 Å². The van der Waals surface area contributed by atoms with Crippen LogP contribution in [0.2, 0.25) is 0 Å². The van der Waals surface area contributed by atoms with Crippen molar-refractivity contribution in [1.29, 1.82) is 0 Å². The standard InChI is InChI=1S/C17H17F2N5OS/c18-16(19)24-9-7-20-14(24)10-21-17(25)23-8-3-5-12(23)15-22-11-4-1-2-6-13(11)26-15/h1-2,4,6-7,9,12,16H,3,5,8,10H2,(H,21,25). The zero-order valence-corrected chi connectivity index (χ0v) is 14.6. The van der Waals surface area contributed by atoms with Crippen LogP contribution in [-0.4, -0.2) is 32.0 Å². The molecule has 1 aliphatic rings. The SMILES string of the molecule is O=C(NCc1nccn1C(F)F)N1CCCC1c1nc2ccccc2s1. The number of rotatable bonds is 4. The third kappa shape index (κ3) is 3.14. The molecule has 4 rings (SSSR count). The van der Waals surface area contributed by atoms with Gasteiger partial charge in [0.1, 0.15) is 10.8 Å². The molecule has 1 unspecified atom stereocenters. The minimum absolute atomic E-state index is 0.0424. The van der Waals surface area contributed by atoms with Gasteiger partial charge in [-0.3, -0.25) is 4.57 Å². The van der Waals surface area contributed by atoms with E-state index in [0.29, 0.717) is 6.54 Å². The number of hydrogen-bond donors (Lipinski definition) is 1. The molecule has 1 saturated heterocycles. The van der Waals surface area contributed by atoms with Gasteiger partial charge in [-0.1, -0.05) is 12.1 Å². The molecule has 3 aromatic rings. The summed E-state index contributed by atoms with van der Waals surface area (Å²) in [6, 6.07) is 7.52. The quantitative estimate of drug-likeness (QED) is 0.749. The molecule has 1 atom stereocenters. The second kappa shape index (κ2) is 6.99. The van der Waals surface area contributed by atoms with E-state index < -0.39 is 6.55 Å². The minimum Gasteiger partial charge on any atom is -0.331 e. The highest BCUT2D eigenvalue weighted by Gasteiger charge is 2.32. The lowest BCUT2D eigenvalue weighted by Gasteiger charge is -2.23. The predicted molar refractivity (Wildman–Crippen MR) is 94.0 cm³/mol. The number of nitrogens with one attached hydrogen (secondary N) is 1. The van der Waals surface area contributed by atoms with Crippen molar-refractivity contribution in [2.45, 2.75) is 32.0 Å². The Hall–Kier alpha value is -2.55. The number of para-hydroxylation sites is 1. The maximum atomic E-state index is 12.9. The van der Waals surface area contributed by atoms with Crippen LogP contribution in [0.1, 0.15) is 36.3 Å². The van der Waals surface area contributed by atoms with E-state index in [4.69, 9.17) is 0 Å². The molecule has 9 heteroatoms. The Balaban J connectivity index is 1.47. The number of carbonyl (C=O) groups excluding carboxylic acids is 1. The van der Waals surface area contributed by atoms with Crippen LogP contribution in [0.3, 0.4) is 0 Å². The fourth-order valence-corrected chi connectivity index (χ4v) is 4.33. The highest BCUT2D eigenvalue weighted by atomic mass is 32.1. The average molecular weight is 377 g/mol. The van der Waals surface area contributed by atoms with E-state index in [1.807, 2.05) is 24.3 Å². The highest BCUT2D eigenvalue weighted by Crippen LogP contribution is 2.36. The molecule has 0 bridgehead atoms. The monoisotopic (exact) mass is 377 g/mol. The molecule has 0 spiro atoms. The minimum atomic E-state index is -2.67. The molecule has 136 valence electrons. The first kappa shape index (κ1) is 16.9. The van der Waals surface area contributed by atoms with E-state index in [9.17, 15) is 13.6 Å². The number of hydrogen-bond acceptors (Lipinski definition) is 4. The number of benzene rings is 1. The van der Waals surface area contributed by atoms with Crippen LogP contribution in [0.15, 0.2) is 36.7 Å². The number of fused-ring (bicyclic) bond motifs is 1. The van der Waals surface area contributed by atoms with Gasteiger partial charge in [0.25, 0.3) is 0 Å². The van der Waals surface area contributed by atoms with Crippen LogP contribution in [0.25, 0.3) is 10.2 Å². The smallest absolute Gasteiger partial charge is 0.319 e. The second-order valence-electron chi connectivity index (χ2n) is 6.06. The lowest BCUT2D eigenvalue weighted by molar-refractivity contribution is 0.0666. The van der Waals surface area contributed by atoms with Crippen LogP contribution in [-0.2, 0) is 6.54 Å². The topological polar surface area (TPSA) is 63.1 Å². The molecule has 1 aromatic carbocycles. The van der Waals surface area contributed by atoms with Crippen LogP contribution in [0.5, 0.6) is 0 Å². The van der Waals surface area contributed by atoms with Crippen molar-refractivity contribution in [2.75, 3.05) is 6.54 Å². The number of likely N-dealkylation sites (tertiary alicyclic amines) is 1. The maximum Gasteiger partial charge on any atom is 0.319 e. The number of nitrogens with zero attached hydrogens (tertiary/aromatic N) is 4. The number of alkyl halides is 2. The first-order chi connectivity index (χ1) is 12.6. The van der Waals surface area contributed by atoms with Crippen LogP contribution in [0.4, 0.5) is 13.6 Å². The molecule has 6 nitrogen and oxygen atoms in total. The van der Waals surface area contributed by atoms with Crippen LogP contribution < -0.4 is 5.32 Å². The normalized spacial score (nSPS) is 17.3. The van der Waals surface area contributed by atoms with Crippen molar-refractivity contribution in [3.63, 3.8) is 0 Å². The molecule has 26 heavy (non-hydrogen) atoms. The van der Waals surface area contributed by atoms with Crippen molar-refractivity contribution < 1.29 is 13.6 Å². The first-order valence-electron chi connectivity index (χ1n) is 8.33. The zero-order chi connectivity index (χ0) is 18.1. The van der Waals surface area contributed by atoms with Gasteiger partial charge in [0, 0.05) is 18.9 Å². The largest absolute Gasteiger partial charge is 0.331 e. The average Bonchev–Trinajstić information content (AvgIpc) is 3.37. The molecule has 1 fully saturated rings. The zero-order valence-electron chi connectivity index (χ0n) is 13.8. The summed E-state index contributed by atoms with van der Waals surface area (Å²) in [5.74, 6) is 0.129. The Kier molecular flexibility index (Phi) is 4.54. The van der Waals surface area contributed by atoms with Gasteiger partial charge in [-0.05, 0) is 25.0 Å². The number of aromatic nitrogens is 3. The van der Waals surface area contributed by atoms with Crippen molar-refractivity contribution in [2.24, 2.45) is 0 Å². The van der Waals surface area contributed by atoms with Crippen molar-refractivity contribution in [3.05, 3.63) is 47.5 Å². The first-order valence-corrected chi connectivity index (χ1v) is 9.15. The summed E-state index contributed by atoms with van der Waals surface area (Å²) in [6.07, 6.45) is 4.23. The van der Waals surface area contributed by atoms with Gasteiger partial charge in [0.2, 0.25) is 0 Å². The van der Waals surface area contributed by atoms with Gasteiger partial charge < -0.3 is 10.2 Å². The molecule has 1 aliphatic heterocycles. The second-order valence-corrected chi connectivity index (χ2v) is 7.12. The lowest BCUT2D eigenvalue weighted by atomic mass is 10.2. The number of urea groups is 1. The van der Waals surface area contributed by atoms with E-state index in [2.05, 4.69) is 15.3 Å². The van der Waals surface area contributed by atoms with Gasteiger partial charge >= 0.3 is 12.6 Å². The Morgan fingerprint density at radius 2 is 2.23 bits per heavy atom. The van der Waals surface area contributed by atoms with Crippen molar-refractivity contribution in [1.82, 2.24) is 24.8 Å². The van der Waals surface area contributed by atoms with Crippen molar-refractivity contribution in [3.8, 4) is 0 Å². The number of imidazole rings is 1. The highest BCUT2D eigenvalue weighted by molar-refractivity contribution is 7.18. The molecule has 0 saturated carbocycles. The van der Waals surface area contributed by atoms with Gasteiger partial charge in [0.15, 0.2) is 0 Å². The molecular formula is C17H17F2N5OS. The van der Waals surface area contributed by atoms with E-state index >= 15 is 0 Å². The molecule has 3 heterocycles. The summed E-state index contributed by atoms with van der Waals surface area (Å²) in [5.41, 5.74) is 0.929. The molecule has 2 aromatic heterocycles. The molecule has 0 aliphatic carbocycles. The Labute approximate surface area is 152 Å². The lowest BCUT2D eigenvalue weighted by Crippen LogP contribution is -2.39. The van der Waals surface area contributed by atoms with Gasteiger partial charge in [-0.2, -0.15) is 8.78 Å². The number of halogens is 2. The van der Waals surface area contributed by atoms with E-state index in [1.54, 1.807) is 16.2 Å². The summed E-state index contributed by atoms with van der Waals surface area (Å²) >= 11 is 1.59. The van der Waals surface area contributed by atoms with E-state index in [0.717, 1.165) is 32.6 Å². The number of amides is 2. The van der Waals surface area contributed by atoms with Gasteiger partial charge in [-0.15, -0.1) is 11.3 Å². The fourth-order valence-electron chi connectivity index (χ4n) is 3.21. The molecular weight excluding hydrogens is 360 g/mol. The third-order valence-electron chi connectivity index (χ3n) is 4.47. The molecule has 0 radical (unpaired) electrons. The summed E-state index contributed by atoms with van der Waals surface area (Å²) in [4.78, 5) is 22.9. The summed E-state index contributed by atoms with van der Waals surface area (Å²) < 4.78 is 27.6. The number of carbonyl (C=O) groups is 1. The molecule has 2 amide bonds. The Morgan fingerprint density at radius 3 is 3.04 bits per heavy atom. The summed E-state index contributed by atoms with van der Waals surface area (Å²) in [6.45, 7) is -2.10. The maximum absolute atomic E-state index is 12.9. The van der Waals surface area contributed by atoms with Gasteiger partial charge in [0.05, 0.1) is 22.8 Å². The Bertz CT molecular complexity index is 892. The van der Waals surface area contributed by atoms with Crippen LogP contribution >= 0.6 is 11.3 Å². The third-order valence-corrected chi connectivity index (χ3v) is 5.60. The summed E-state index contributed by atoms with van der Waals surface area (Å²) in [5, 5.41) is 3.61. The molecule has 1 N–H and O–H groups in total. The number of thiazole rings is 1. The summed E-state index contributed by atoms with van der Waals surface area (Å²) in [7, 11) is 0. The van der Waals surface area contributed by atoms with E-state index in [1.165, 1.54) is 12.4 Å². The van der Waals surface area contributed by atoms with Crippen molar-refractivity contribution >= 4 is 27.6 Å². The fraction of sp³-hybridized carbons (Fsp3) is 0.353.